The number of nitrogens with zero attached hydrogens (tertiary/aromatic N) is 1. The lowest BCUT2D eigenvalue weighted by Gasteiger charge is -2.26. The molecular formula is C9H15BrN2O. The van der Waals surface area contributed by atoms with E-state index in [1.54, 1.807) is 19.5 Å². The van der Waals surface area contributed by atoms with E-state index < -0.39 is 0 Å². The van der Waals surface area contributed by atoms with Crippen LogP contribution in [0.4, 0.5) is 0 Å². The molecule has 0 bridgehead atoms. The molecule has 0 spiro atoms. The lowest BCUT2D eigenvalue weighted by atomic mass is 10.0. The van der Waals surface area contributed by atoms with Gasteiger partial charge in [-0.05, 0) is 12.8 Å². The maximum atomic E-state index is 5.58. The van der Waals surface area contributed by atoms with Crippen LogP contribution in [0.15, 0.2) is 16.8 Å². The Morgan fingerprint density at radius 2 is 2.46 bits per heavy atom. The summed E-state index contributed by atoms with van der Waals surface area (Å²) in [5.74, 6) is 0. The highest BCUT2D eigenvalue weighted by Crippen LogP contribution is 2.23. The van der Waals surface area contributed by atoms with Crippen molar-refractivity contribution in [3.8, 4) is 0 Å². The Kier molecular flexibility index (Phi) is 4.45. The molecule has 2 unspecified atom stereocenters. The van der Waals surface area contributed by atoms with Gasteiger partial charge in [0.25, 0.3) is 0 Å². The van der Waals surface area contributed by atoms with E-state index in [9.17, 15) is 0 Å². The smallest absolute Gasteiger partial charge is 0.0864 e. The fourth-order valence-corrected chi connectivity index (χ4v) is 1.90. The first-order valence-corrected chi connectivity index (χ1v) is 5.29. The van der Waals surface area contributed by atoms with Gasteiger partial charge in [0.15, 0.2) is 0 Å². The molecule has 0 radical (unpaired) electrons. The average molecular weight is 247 g/mol. The molecule has 3 nitrogen and oxygen atoms in total. The molecule has 1 fully saturated rings. The lowest BCUT2D eigenvalue weighted by Crippen LogP contribution is -2.28. The summed E-state index contributed by atoms with van der Waals surface area (Å²) < 4.78 is 5.58. The highest BCUT2D eigenvalue weighted by molar-refractivity contribution is 9.09. The molecule has 2 N–H and O–H groups in total. The topological polar surface area (TPSA) is 47.6 Å². The number of alkyl halides is 1. The first kappa shape index (κ1) is 10.7. The predicted molar refractivity (Wildman–Crippen MR) is 58.4 cm³/mol. The molecule has 0 aromatic heterocycles. The Hall–Kier alpha value is -0.350. The van der Waals surface area contributed by atoms with E-state index in [2.05, 4.69) is 20.9 Å². The number of rotatable bonds is 2. The molecule has 0 amide bonds. The van der Waals surface area contributed by atoms with Gasteiger partial charge >= 0.3 is 0 Å². The molecule has 2 atom stereocenters. The van der Waals surface area contributed by atoms with Crippen LogP contribution < -0.4 is 5.73 Å². The van der Waals surface area contributed by atoms with E-state index in [4.69, 9.17) is 10.5 Å². The Bertz CT molecular complexity index is 216. The van der Waals surface area contributed by atoms with Crippen molar-refractivity contribution >= 4 is 22.1 Å². The second-order valence-corrected chi connectivity index (χ2v) is 4.33. The van der Waals surface area contributed by atoms with Crippen molar-refractivity contribution in [3.63, 3.8) is 0 Å². The zero-order valence-electron chi connectivity index (χ0n) is 7.74. The number of aliphatic imine (C=N–C) groups is 1. The second-order valence-electron chi connectivity index (χ2n) is 3.04. The van der Waals surface area contributed by atoms with Crippen molar-refractivity contribution in [2.75, 3.05) is 13.7 Å². The van der Waals surface area contributed by atoms with Gasteiger partial charge in [-0.2, -0.15) is 0 Å². The van der Waals surface area contributed by atoms with Crippen LogP contribution in [0, 0.1) is 0 Å². The third kappa shape index (κ3) is 3.12. The van der Waals surface area contributed by atoms with Crippen LogP contribution in [-0.4, -0.2) is 30.8 Å². The van der Waals surface area contributed by atoms with Crippen LogP contribution in [0.1, 0.15) is 12.8 Å². The summed E-state index contributed by atoms with van der Waals surface area (Å²) in [6, 6.07) is 0. The third-order valence-electron chi connectivity index (χ3n) is 2.06. The second kappa shape index (κ2) is 5.40. The summed E-state index contributed by atoms with van der Waals surface area (Å²) in [7, 11) is 1.73. The van der Waals surface area contributed by atoms with E-state index in [1.165, 1.54) is 0 Å². The first-order valence-electron chi connectivity index (χ1n) is 4.37. The van der Waals surface area contributed by atoms with Crippen LogP contribution in [-0.2, 0) is 4.74 Å². The zero-order chi connectivity index (χ0) is 9.68. The molecular weight excluding hydrogens is 232 g/mol. The van der Waals surface area contributed by atoms with Gasteiger partial charge < -0.3 is 10.5 Å². The molecule has 74 valence electrons. The van der Waals surface area contributed by atoms with Crippen molar-refractivity contribution in [1.29, 1.82) is 0 Å². The minimum atomic E-state index is 0.104. The van der Waals surface area contributed by atoms with Crippen LogP contribution >= 0.6 is 15.9 Å². The normalized spacial score (nSPS) is 31.1. The summed E-state index contributed by atoms with van der Waals surface area (Å²) in [4.78, 5) is 4.47. The third-order valence-corrected chi connectivity index (χ3v) is 2.89. The predicted octanol–water partition coefficient (Wildman–Crippen LogP) is 1.47. The van der Waals surface area contributed by atoms with Gasteiger partial charge in [-0.3, -0.25) is 4.99 Å². The Morgan fingerprint density at radius 3 is 3.00 bits per heavy atom. The number of hydrogen-bond donors (Lipinski definition) is 1. The van der Waals surface area contributed by atoms with Crippen LogP contribution in [0.3, 0.4) is 0 Å². The van der Waals surface area contributed by atoms with E-state index in [0.717, 1.165) is 25.0 Å². The monoisotopic (exact) mass is 246 g/mol. The van der Waals surface area contributed by atoms with Crippen LogP contribution in [0.25, 0.3) is 0 Å². The molecule has 0 aromatic carbocycles. The largest absolute Gasteiger partial charge is 0.404 e. The summed E-state index contributed by atoms with van der Waals surface area (Å²) in [6.45, 7) is 0.787. The molecule has 0 saturated carbocycles. The fraction of sp³-hybridized carbons (Fsp3) is 0.667. The zero-order valence-corrected chi connectivity index (χ0v) is 9.33. The minimum Gasteiger partial charge on any atom is -0.404 e. The molecule has 13 heavy (non-hydrogen) atoms. The molecule has 0 aliphatic carbocycles. The quantitative estimate of drug-likeness (QED) is 0.593. The van der Waals surface area contributed by atoms with Gasteiger partial charge in [0.05, 0.1) is 6.10 Å². The van der Waals surface area contributed by atoms with Gasteiger partial charge in [0, 0.05) is 36.5 Å². The summed E-state index contributed by atoms with van der Waals surface area (Å²) in [6.07, 6.45) is 5.47. The molecule has 1 saturated heterocycles. The number of ether oxygens (including phenoxy) is 1. The number of nitrogens with two attached hydrogens (primary N) is 1. The first-order chi connectivity index (χ1) is 6.27. The number of hydrogen-bond acceptors (Lipinski definition) is 3. The van der Waals surface area contributed by atoms with Crippen molar-refractivity contribution in [3.05, 3.63) is 11.8 Å². The van der Waals surface area contributed by atoms with Crippen LogP contribution in [0.5, 0.6) is 0 Å². The van der Waals surface area contributed by atoms with Gasteiger partial charge in [0.1, 0.15) is 0 Å². The summed E-state index contributed by atoms with van der Waals surface area (Å²) in [5.41, 5.74) is 6.45. The fourth-order valence-electron chi connectivity index (χ4n) is 1.37. The van der Waals surface area contributed by atoms with Crippen LogP contribution in [0.2, 0.25) is 0 Å². The van der Waals surface area contributed by atoms with Crippen molar-refractivity contribution in [2.45, 2.75) is 23.8 Å². The molecule has 0 aromatic rings. The summed E-state index contributed by atoms with van der Waals surface area (Å²) in [5, 5.41) is 0. The molecule has 1 heterocycles. The van der Waals surface area contributed by atoms with Gasteiger partial charge in [0.2, 0.25) is 0 Å². The summed E-state index contributed by atoms with van der Waals surface area (Å²) >= 11 is 3.58. The van der Waals surface area contributed by atoms with Gasteiger partial charge in [-0.1, -0.05) is 15.9 Å². The maximum Gasteiger partial charge on any atom is 0.0864 e. The highest BCUT2D eigenvalue weighted by Gasteiger charge is 2.22. The van der Waals surface area contributed by atoms with Gasteiger partial charge in [-0.25, -0.2) is 0 Å². The van der Waals surface area contributed by atoms with Crippen molar-refractivity contribution in [1.82, 2.24) is 0 Å². The lowest BCUT2D eigenvalue weighted by molar-refractivity contribution is 0.0468. The van der Waals surface area contributed by atoms with Gasteiger partial charge in [-0.15, -0.1) is 0 Å². The maximum absolute atomic E-state index is 5.58. The van der Waals surface area contributed by atoms with Crippen molar-refractivity contribution < 1.29 is 4.74 Å². The van der Waals surface area contributed by atoms with E-state index in [1.807, 2.05) is 0 Å². The minimum absolute atomic E-state index is 0.104. The molecule has 4 heteroatoms. The molecule has 1 rings (SSSR count). The Balaban J connectivity index is 2.58. The van der Waals surface area contributed by atoms with E-state index in [-0.39, 0.29) is 6.10 Å². The Morgan fingerprint density at radius 1 is 1.69 bits per heavy atom. The standard InChI is InChI=1S/C9H15BrN2O/c1-12-6-7(5-11)9-4-8(10)2-3-13-9/h5-6,8-9H,2-4,11H2,1H3/b7-5+,12-6?. The SMILES string of the molecule is CN=C/C(=C\N)C1CC(Br)CCO1. The van der Waals surface area contributed by atoms with E-state index >= 15 is 0 Å². The number of halogens is 1. The van der Waals surface area contributed by atoms with E-state index in [0.29, 0.717) is 4.83 Å². The highest BCUT2D eigenvalue weighted by atomic mass is 79.9. The molecule has 1 aliphatic heterocycles. The molecule has 1 aliphatic rings. The average Bonchev–Trinajstić information content (AvgIpc) is 2.14. The Labute approximate surface area is 87.2 Å². The van der Waals surface area contributed by atoms with Crippen molar-refractivity contribution in [2.24, 2.45) is 10.7 Å².